The molecule has 6 nitrogen and oxygen atoms in total. The van der Waals surface area contributed by atoms with E-state index >= 15 is 0 Å². The Balaban J connectivity index is 2.40. The largest absolute Gasteiger partial charge is 0.344 e. The number of halogens is 1. The Kier molecular flexibility index (Phi) is 5.02. The summed E-state index contributed by atoms with van der Waals surface area (Å²) in [5.74, 6) is 0. The number of nitrogens with zero attached hydrogens (tertiary/aromatic N) is 3. The molecule has 0 N–H and O–H groups in total. The first-order valence-corrected chi connectivity index (χ1v) is 9.04. The molecule has 2 rings (SSSR count). The summed E-state index contributed by atoms with van der Waals surface area (Å²) in [6.45, 7) is 4.76. The summed E-state index contributed by atoms with van der Waals surface area (Å²) in [7, 11) is -3.77. The van der Waals surface area contributed by atoms with Crippen LogP contribution in [0.15, 0.2) is 50.9 Å². The average molecular weight is 386 g/mol. The Morgan fingerprint density at radius 3 is 2.45 bits per heavy atom. The Bertz CT molecular complexity index is 782. The van der Waals surface area contributed by atoms with Crippen molar-refractivity contribution < 1.29 is 13.2 Å². The highest BCUT2D eigenvalue weighted by atomic mass is 79.9. The second-order valence-corrected chi connectivity index (χ2v) is 7.21. The van der Waals surface area contributed by atoms with E-state index in [9.17, 15) is 13.2 Å². The minimum atomic E-state index is -3.77. The summed E-state index contributed by atoms with van der Waals surface area (Å²) in [5, 5.41) is 3.78. The molecule has 1 aromatic carbocycles. The lowest BCUT2D eigenvalue weighted by molar-refractivity contribution is 0.201. The molecule has 0 aliphatic carbocycles. The molecule has 118 valence electrons. The summed E-state index contributed by atoms with van der Waals surface area (Å²) in [6, 6.07) is 7.48. The zero-order chi connectivity index (χ0) is 16.3. The highest BCUT2D eigenvalue weighted by molar-refractivity contribution is 9.10. The molecule has 0 spiro atoms. The summed E-state index contributed by atoms with van der Waals surface area (Å²) < 4.78 is 26.6. The lowest BCUT2D eigenvalue weighted by Gasteiger charge is -2.17. The lowest BCUT2D eigenvalue weighted by Crippen LogP contribution is -2.34. The maximum Gasteiger partial charge on any atom is 0.344 e. The number of benzene rings is 1. The van der Waals surface area contributed by atoms with E-state index in [4.69, 9.17) is 0 Å². The van der Waals surface area contributed by atoms with Gasteiger partial charge in [0.2, 0.25) is 9.84 Å². The quantitative estimate of drug-likeness (QED) is 0.810. The van der Waals surface area contributed by atoms with E-state index in [1.54, 1.807) is 23.1 Å². The van der Waals surface area contributed by atoms with Crippen LogP contribution in [0.4, 0.5) is 4.79 Å². The maximum absolute atomic E-state index is 12.6. The first-order valence-electron chi connectivity index (χ1n) is 6.76. The van der Waals surface area contributed by atoms with Crippen LogP contribution in [0.1, 0.15) is 13.8 Å². The van der Waals surface area contributed by atoms with E-state index in [0.717, 1.165) is 4.68 Å². The van der Waals surface area contributed by atoms with Crippen molar-refractivity contribution >= 4 is 31.8 Å². The van der Waals surface area contributed by atoms with Crippen molar-refractivity contribution in [2.24, 2.45) is 0 Å². The van der Waals surface area contributed by atoms with Gasteiger partial charge in [-0.25, -0.2) is 13.2 Å². The van der Waals surface area contributed by atoms with Gasteiger partial charge in [-0.05, 0) is 48.0 Å². The van der Waals surface area contributed by atoms with Gasteiger partial charge in [-0.3, -0.25) is 0 Å². The van der Waals surface area contributed by atoms with Crippen LogP contribution in [0, 0.1) is 0 Å². The number of aromatic nitrogens is 2. The van der Waals surface area contributed by atoms with Gasteiger partial charge in [0.1, 0.15) is 0 Å². The zero-order valence-electron chi connectivity index (χ0n) is 12.2. The monoisotopic (exact) mass is 385 g/mol. The molecule has 0 aliphatic heterocycles. The fourth-order valence-corrected chi connectivity index (χ4v) is 4.14. The third-order valence-corrected chi connectivity index (χ3v) is 5.85. The van der Waals surface area contributed by atoms with Crippen molar-refractivity contribution in [2.45, 2.75) is 23.8 Å². The fourth-order valence-electron chi connectivity index (χ4n) is 1.97. The van der Waals surface area contributed by atoms with Crippen LogP contribution < -0.4 is 0 Å². The van der Waals surface area contributed by atoms with Crippen LogP contribution in [-0.2, 0) is 9.84 Å². The number of hydrogen-bond acceptors (Lipinski definition) is 4. The second-order valence-electron chi connectivity index (χ2n) is 4.49. The van der Waals surface area contributed by atoms with E-state index in [2.05, 4.69) is 21.0 Å². The van der Waals surface area contributed by atoms with Crippen molar-refractivity contribution in [3.63, 3.8) is 0 Å². The third-order valence-electron chi connectivity index (χ3n) is 3.20. The van der Waals surface area contributed by atoms with Crippen molar-refractivity contribution in [3.05, 3.63) is 41.0 Å². The molecule has 1 amide bonds. The molecule has 0 saturated heterocycles. The molecular formula is C14H16BrN3O3S. The number of hydrogen-bond donors (Lipinski definition) is 0. The van der Waals surface area contributed by atoms with Crippen LogP contribution in [0.5, 0.6) is 0 Å². The molecule has 0 radical (unpaired) electrons. The first kappa shape index (κ1) is 16.7. The minimum Gasteiger partial charge on any atom is -0.323 e. The lowest BCUT2D eigenvalue weighted by atomic mass is 10.4. The SMILES string of the molecule is CCN(CC)C(=O)n1ccc(S(=O)(=O)c2ccccc2Br)n1. The van der Waals surface area contributed by atoms with Crippen LogP contribution in [0.2, 0.25) is 0 Å². The molecule has 0 saturated carbocycles. The van der Waals surface area contributed by atoms with Gasteiger partial charge in [0.25, 0.3) is 0 Å². The Morgan fingerprint density at radius 2 is 1.86 bits per heavy atom. The Morgan fingerprint density at radius 1 is 1.23 bits per heavy atom. The van der Waals surface area contributed by atoms with Crippen molar-refractivity contribution in [1.29, 1.82) is 0 Å². The molecule has 22 heavy (non-hydrogen) atoms. The molecule has 0 fully saturated rings. The number of carbonyl (C=O) groups is 1. The van der Waals surface area contributed by atoms with E-state index in [0.29, 0.717) is 17.6 Å². The van der Waals surface area contributed by atoms with Gasteiger partial charge in [0.15, 0.2) is 5.03 Å². The van der Waals surface area contributed by atoms with Gasteiger partial charge < -0.3 is 4.90 Å². The zero-order valence-corrected chi connectivity index (χ0v) is 14.6. The predicted octanol–water partition coefficient (Wildman–Crippen LogP) is 2.79. The van der Waals surface area contributed by atoms with E-state index in [1.807, 2.05) is 13.8 Å². The Labute approximate surface area is 137 Å². The van der Waals surface area contributed by atoms with Crippen molar-refractivity contribution in [3.8, 4) is 0 Å². The molecule has 1 aromatic heterocycles. The molecular weight excluding hydrogens is 370 g/mol. The Hall–Kier alpha value is -1.67. The van der Waals surface area contributed by atoms with E-state index in [1.165, 1.54) is 18.3 Å². The van der Waals surface area contributed by atoms with E-state index in [-0.39, 0.29) is 16.0 Å². The van der Waals surface area contributed by atoms with Gasteiger partial charge >= 0.3 is 6.03 Å². The average Bonchev–Trinajstić information content (AvgIpc) is 2.99. The van der Waals surface area contributed by atoms with E-state index < -0.39 is 9.84 Å². The summed E-state index contributed by atoms with van der Waals surface area (Å²) in [5.41, 5.74) is 0. The summed E-state index contributed by atoms with van der Waals surface area (Å²) in [6.07, 6.45) is 1.37. The number of rotatable bonds is 4. The molecule has 0 unspecified atom stereocenters. The summed E-state index contributed by atoms with van der Waals surface area (Å²) in [4.78, 5) is 13.9. The third kappa shape index (κ3) is 3.07. The molecule has 8 heteroatoms. The van der Waals surface area contributed by atoms with Gasteiger partial charge in [-0.15, -0.1) is 0 Å². The normalized spacial score (nSPS) is 11.4. The molecule has 1 heterocycles. The molecule has 2 aromatic rings. The fraction of sp³-hybridized carbons (Fsp3) is 0.286. The highest BCUT2D eigenvalue weighted by Gasteiger charge is 2.24. The standard InChI is InChI=1S/C14H16BrN3O3S/c1-3-17(4-2)14(19)18-10-9-13(16-18)22(20,21)12-8-6-5-7-11(12)15/h5-10H,3-4H2,1-2H3. The summed E-state index contributed by atoms with van der Waals surface area (Å²) >= 11 is 3.22. The molecule has 0 atom stereocenters. The van der Waals surface area contributed by atoms with Crippen LogP contribution in [0.25, 0.3) is 0 Å². The smallest absolute Gasteiger partial charge is 0.323 e. The molecule has 0 bridgehead atoms. The van der Waals surface area contributed by atoms with Gasteiger partial charge in [0.05, 0.1) is 4.90 Å². The van der Waals surface area contributed by atoms with Crippen LogP contribution in [0.3, 0.4) is 0 Å². The predicted molar refractivity (Wildman–Crippen MR) is 85.5 cm³/mol. The number of carbonyl (C=O) groups excluding carboxylic acids is 1. The van der Waals surface area contributed by atoms with Gasteiger partial charge in [0, 0.05) is 23.8 Å². The second kappa shape index (κ2) is 6.62. The van der Waals surface area contributed by atoms with Gasteiger partial charge in [-0.2, -0.15) is 9.78 Å². The van der Waals surface area contributed by atoms with Gasteiger partial charge in [-0.1, -0.05) is 12.1 Å². The van der Waals surface area contributed by atoms with Crippen LogP contribution in [-0.4, -0.2) is 42.2 Å². The number of amides is 1. The molecule has 0 aliphatic rings. The van der Waals surface area contributed by atoms with Crippen LogP contribution >= 0.6 is 15.9 Å². The maximum atomic E-state index is 12.6. The minimum absolute atomic E-state index is 0.121. The topological polar surface area (TPSA) is 72.3 Å². The highest BCUT2D eigenvalue weighted by Crippen LogP contribution is 2.26. The van der Waals surface area contributed by atoms with Crippen molar-refractivity contribution in [2.75, 3.05) is 13.1 Å². The first-order chi connectivity index (χ1) is 10.4. The van der Waals surface area contributed by atoms with Crippen molar-refractivity contribution in [1.82, 2.24) is 14.7 Å². The number of sulfone groups is 1.